The van der Waals surface area contributed by atoms with Gasteiger partial charge in [0.05, 0.1) is 12.4 Å². The van der Waals surface area contributed by atoms with Crippen molar-refractivity contribution in [1.82, 2.24) is 10.2 Å². The van der Waals surface area contributed by atoms with Crippen LogP contribution < -0.4 is 5.32 Å². The van der Waals surface area contributed by atoms with E-state index in [2.05, 4.69) is 23.3 Å². The number of nitrogens with one attached hydrogen (secondary N) is 1. The second-order valence-corrected chi connectivity index (χ2v) is 5.51. The Bertz CT molecular complexity index is 387. The largest absolute Gasteiger partial charge is 0.467 e. The van der Waals surface area contributed by atoms with Gasteiger partial charge in [-0.1, -0.05) is 0 Å². The predicted octanol–water partition coefficient (Wildman–Crippen LogP) is 1.75. The molecular weight excluding hydrogens is 228 g/mol. The fourth-order valence-electron chi connectivity index (χ4n) is 2.42. The van der Waals surface area contributed by atoms with Crippen molar-refractivity contribution in [3.05, 3.63) is 23.7 Å². The average molecular weight is 250 g/mol. The molecule has 4 heteroatoms. The van der Waals surface area contributed by atoms with Crippen LogP contribution in [0.25, 0.3) is 0 Å². The van der Waals surface area contributed by atoms with Crippen LogP contribution in [0, 0.1) is 0 Å². The van der Waals surface area contributed by atoms with E-state index < -0.39 is 0 Å². The maximum atomic E-state index is 5.92. The van der Waals surface area contributed by atoms with Crippen molar-refractivity contribution >= 4 is 0 Å². The Balaban J connectivity index is 1.47. The molecule has 1 aliphatic carbocycles. The monoisotopic (exact) mass is 250 g/mol. The van der Waals surface area contributed by atoms with E-state index in [4.69, 9.17) is 9.15 Å². The molecule has 1 aliphatic heterocycles. The first-order valence-electron chi connectivity index (χ1n) is 6.90. The molecule has 1 saturated heterocycles. The third-order valence-electron chi connectivity index (χ3n) is 3.79. The minimum absolute atomic E-state index is 0.365. The van der Waals surface area contributed by atoms with Gasteiger partial charge in [-0.2, -0.15) is 0 Å². The Labute approximate surface area is 108 Å². The number of nitrogens with zero attached hydrogens (tertiary/aromatic N) is 1. The van der Waals surface area contributed by atoms with Crippen molar-refractivity contribution in [2.75, 3.05) is 20.1 Å². The van der Waals surface area contributed by atoms with Crippen LogP contribution in [0.3, 0.4) is 0 Å². The number of rotatable bonds is 6. The molecule has 1 aromatic rings. The number of likely N-dealkylation sites (tertiary alicyclic amines) is 1. The molecule has 0 amide bonds. The van der Waals surface area contributed by atoms with Gasteiger partial charge in [0, 0.05) is 31.2 Å². The van der Waals surface area contributed by atoms with Gasteiger partial charge in [-0.05, 0) is 32.4 Å². The van der Waals surface area contributed by atoms with Crippen molar-refractivity contribution < 1.29 is 9.15 Å². The molecule has 0 aromatic carbocycles. The molecule has 1 unspecified atom stereocenters. The number of hydrogen-bond acceptors (Lipinski definition) is 4. The van der Waals surface area contributed by atoms with E-state index >= 15 is 0 Å². The summed E-state index contributed by atoms with van der Waals surface area (Å²) in [5.41, 5.74) is 1.24. The third kappa shape index (κ3) is 3.13. The maximum Gasteiger partial charge on any atom is 0.133 e. The summed E-state index contributed by atoms with van der Waals surface area (Å²) >= 11 is 0. The predicted molar refractivity (Wildman–Crippen MR) is 69.3 cm³/mol. The minimum Gasteiger partial charge on any atom is -0.467 e. The van der Waals surface area contributed by atoms with E-state index in [-0.39, 0.29) is 0 Å². The fraction of sp³-hybridized carbons (Fsp3) is 0.714. The lowest BCUT2D eigenvalue weighted by molar-refractivity contribution is 0.0378. The van der Waals surface area contributed by atoms with E-state index in [1.807, 2.05) is 0 Å². The Morgan fingerprint density at radius 2 is 2.33 bits per heavy atom. The molecule has 4 nitrogen and oxygen atoms in total. The molecule has 0 bridgehead atoms. The van der Waals surface area contributed by atoms with Crippen LogP contribution in [-0.4, -0.2) is 37.2 Å². The normalized spacial score (nSPS) is 24.8. The van der Waals surface area contributed by atoms with Gasteiger partial charge >= 0.3 is 0 Å². The molecule has 1 aromatic heterocycles. The molecule has 100 valence electrons. The summed E-state index contributed by atoms with van der Waals surface area (Å²) in [5, 5.41) is 3.51. The molecule has 18 heavy (non-hydrogen) atoms. The fourth-order valence-corrected chi connectivity index (χ4v) is 2.42. The summed E-state index contributed by atoms with van der Waals surface area (Å²) < 4.78 is 11.4. The summed E-state index contributed by atoms with van der Waals surface area (Å²) in [6.45, 7) is 3.69. The Morgan fingerprint density at radius 3 is 3.06 bits per heavy atom. The number of likely N-dealkylation sites (N-methyl/N-ethyl adjacent to an activating group) is 1. The highest BCUT2D eigenvalue weighted by molar-refractivity contribution is 5.16. The highest BCUT2D eigenvalue weighted by Gasteiger charge is 2.22. The smallest absolute Gasteiger partial charge is 0.133 e. The van der Waals surface area contributed by atoms with Crippen LogP contribution >= 0.6 is 0 Å². The number of ether oxygens (including phenoxy) is 1. The summed E-state index contributed by atoms with van der Waals surface area (Å²) in [7, 11) is 2.14. The second kappa shape index (κ2) is 5.43. The van der Waals surface area contributed by atoms with E-state index in [1.54, 1.807) is 6.26 Å². The molecule has 3 rings (SSSR count). The molecule has 0 spiro atoms. The van der Waals surface area contributed by atoms with Crippen LogP contribution in [0.5, 0.6) is 0 Å². The van der Waals surface area contributed by atoms with Crippen LogP contribution in [0.4, 0.5) is 0 Å². The lowest BCUT2D eigenvalue weighted by Gasteiger charge is -2.11. The van der Waals surface area contributed by atoms with Crippen molar-refractivity contribution in [3.63, 3.8) is 0 Å². The molecule has 2 aliphatic rings. The highest BCUT2D eigenvalue weighted by atomic mass is 16.5. The maximum absolute atomic E-state index is 5.92. The van der Waals surface area contributed by atoms with Crippen molar-refractivity contribution in [2.24, 2.45) is 0 Å². The minimum atomic E-state index is 0.365. The second-order valence-electron chi connectivity index (χ2n) is 5.51. The molecule has 0 radical (unpaired) electrons. The third-order valence-corrected chi connectivity index (χ3v) is 3.79. The van der Waals surface area contributed by atoms with Gasteiger partial charge in [-0.25, -0.2) is 0 Å². The van der Waals surface area contributed by atoms with Gasteiger partial charge in [-0.15, -0.1) is 0 Å². The Hall–Kier alpha value is -0.840. The molecular formula is C14H22N2O2. The topological polar surface area (TPSA) is 37.6 Å². The van der Waals surface area contributed by atoms with Gasteiger partial charge < -0.3 is 19.4 Å². The van der Waals surface area contributed by atoms with Crippen molar-refractivity contribution in [2.45, 2.75) is 44.6 Å². The average Bonchev–Trinajstić information content (AvgIpc) is 2.93. The molecule has 1 N–H and O–H groups in total. The van der Waals surface area contributed by atoms with Crippen molar-refractivity contribution in [3.8, 4) is 0 Å². The quantitative estimate of drug-likeness (QED) is 0.834. The van der Waals surface area contributed by atoms with Crippen LogP contribution in [0.1, 0.15) is 30.6 Å². The molecule has 1 saturated carbocycles. The van der Waals surface area contributed by atoms with Gasteiger partial charge in [0.15, 0.2) is 0 Å². The first kappa shape index (κ1) is 12.2. The zero-order valence-electron chi connectivity index (χ0n) is 11.0. The van der Waals surface area contributed by atoms with E-state index in [1.165, 1.54) is 18.4 Å². The summed E-state index contributed by atoms with van der Waals surface area (Å²) in [5.74, 6) is 0.984. The zero-order valence-corrected chi connectivity index (χ0v) is 11.0. The van der Waals surface area contributed by atoms with E-state index in [9.17, 15) is 0 Å². The van der Waals surface area contributed by atoms with Crippen LogP contribution in [0.2, 0.25) is 0 Å². The van der Waals surface area contributed by atoms with Gasteiger partial charge in [0.2, 0.25) is 0 Å². The van der Waals surface area contributed by atoms with Crippen LogP contribution in [-0.2, 0) is 17.9 Å². The van der Waals surface area contributed by atoms with Gasteiger partial charge in [0.1, 0.15) is 12.4 Å². The SMILES string of the molecule is CN1CCC(OCc2occc2CNC2CC2)C1. The number of furan rings is 1. The molecule has 2 fully saturated rings. The Kier molecular flexibility index (Phi) is 3.68. The lowest BCUT2D eigenvalue weighted by Crippen LogP contribution is -2.19. The number of hydrogen-bond donors (Lipinski definition) is 1. The Morgan fingerprint density at radius 1 is 1.44 bits per heavy atom. The lowest BCUT2D eigenvalue weighted by atomic mass is 10.2. The molecule has 2 heterocycles. The first-order chi connectivity index (χ1) is 8.81. The standard InChI is InChI=1S/C14H22N2O2/c1-16-6-4-13(9-16)18-10-14-11(5-7-17-14)8-15-12-2-3-12/h5,7,12-13,15H,2-4,6,8-10H2,1H3. The first-order valence-corrected chi connectivity index (χ1v) is 6.90. The zero-order chi connectivity index (χ0) is 12.4. The van der Waals surface area contributed by atoms with Gasteiger partial charge in [-0.3, -0.25) is 0 Å². The molecule has 1 atom stereocenters. The highest BCUT2D eigenvalue weighted by Crippen LogP contribution is 2.21. The van der Waals surface area contributed by atoms with Crippen LogP contribution in [0.15, 0.2) is 16.7 Å². The summed E-state index contributed by atoms with van der Waals surface area (Å²) in [6.07, 6.45) is 5.90. The van der Waals surface area contributed by atoms with E-state index in [0.717, 1.165) is 37.9 Å². The van der Waals surface area contributed by atoms with Crippen molar-refractivity contribution in [1.29, 1.82) is 0 Å². The summed E-state index contributed by atoms with van der Waals surface area (Å²) in [6, 6.07) is 2.78. The summed E-state index contributed by atoms with van der Waals surface area (Å²) in [4.78, 5) is 2.31. The van der Waals surface area contributed by atoms with Gasteiger partial charge in [0.25, 0.3) is 0 Å². The van der Waals surface area contributed by atoms with E-state index in [0.29, 0.717) is 12.7 Å².